The van der Waals surface area contributed by atoms with Crippen molar-refractivity contribution in [2.24, 2.45) is 7.05 Å². The SMILES string of the molecule is Cn1cc(/C=C2/CCCNCC2)nn1. The highest BCUT2D eigenvalue weighted by molar-refractivity contribution is 5.47. The van der Waals surface area contributed by atoms with E-state index in [1.165, 1.54) is 18.4 Å². The van der Waals surface area contributed by atoms with Crippen LogP contribution >= 0.6 is 0 Å². The van der Waals surface area contributed by atoms with Crippen molar-refractivity contribution < 1.29 is 0 Å². The molecule has 4 nitrogen and oxygen atoms in total. The molecule has 0 radical (unpaired) electrons. The summed E-state index contributed by atoms with van der Waals surface area (Å²) in [5.41, 5.74) is 2.46. The molecule has 4 heteroatoms. The van der Waals surface area contributed by atoms with Crippen LogP contribution in [0.2, 0.25) is 0 Å². The first-order valence-corrected chi connectivity index (χ1v) is 5.11. The lowest BCUT2D eigenvalue weighted by atomic mass is 10.1. The second-order valence-corrected chi connectivity index (χ2v) is 3.72. The van der Waals surface area contributed by atoms with Crippen molar-refractivity contribution in [3.63, 3.8) is 0 Å². The lowest BCUT2D eigenvalue weighted by molar-refractivity contribution is 0.703. The maximum absolute atomic E-state index is 4.06. The van der Waals surface area contributed by atoms with E-state index in [0.29, 0.717) is 0 Å². The van der Waals surface area contributed by atoms with Crippen LogP contribution in [0.5, 0.6) is 0 Å². The van der Waals surface area contributed by atoms with E-state index in [2.05, 4.69) is 21.7 Å². The molecule has 0 amide bonds. The summed E-state index contributed by atoms with van der Waals surface area (Å²) in [5, 5.41) is 11.4. The normalized spacial score (nSPS) is 21.1. The number of aromatic nitrogens is 3. The first-order chi connectivity index (χ1) is 6.84. The predicted octanol–water partition coefficient (Wildman–Crippen LogP) is 0.972. The first kappa shape index (κ1) is 9.40. The van der Waals surface area contributed by atoms with E-state index in [9.17, 15) is 0 Å². The highest BCUT2D eigenvalue weighted by Gasteiger charge is 2.04. The largest absolute Gasteiger partial charge is 0.316 e. The Bertz CT molecular complexity index is 317. The smallest absolute Gasteiger partial charge is 0.105 e. The summed E-state index contributed by atoms with van der Waals surface area (Å²) in [7, 11) is 1.89. The van der Waals surface area contributed by atoms with Gasteiger partial charge < -0.3 is 5.32 Å². The van der Waals surface area contributed by atoms with Gasteiger partial charge in [-0.3, -0.25) is 4.68 Å². The van der Waals surface area contributed by atoms with E-state index in [1.54, 1.807) is 4.68 Å². The number of aryl methyl sites for hydroxylation is 1. The summed E-state index contributed by atoms with van der Waals surface area (Å²) < 4.78 is 1.74. The van der Waals surface area contributed by atoms with Gasteiger partial charge in [0.15, 0.2) is 0 Å². The van der Waals surface area contributed by atoms with E-state index in [-0.39, 0.29) is 0 Å². The number of rotatable bonds is 1. The quantitative estimate of drug-likeness (QED) is 0.721. The van der Waals surface area contributed by atoms with Gasteiger partial charge in [-0.2, -0.15) is 0 Å². The highest BCUT2D eigenvalue weighted by atomic mass is 15.4. The van der Waals surface area contributed by atoms with Gasteiger partial charge in [0.1, 0.15) is 5.69 Å². The van der Waals surface area contributed by atoms with Crippen LogP contribution in [0.3, 0.4) is 0 Å². The monoisotopic (exact) mass is 192 g/mol. The van der Waals surface area contributed by atoms with Gasteiger partial charge in [0, 0.05) is 7.05 Å². The molecule has 14 heavy (non-hydrogen) atoms. The summed E-state index contributed by atoms with van der Waals surface area (Å²) in [5.74, 6) is 0. The summed E-state index contributed by atoms with van der Waals surface area (Å²) >= 11 is 0. The molecule has 0 saturated carbocycles. The van der Waals surface area contributed by atoms with Gasteiger partial charge in [0.25, 0.3) is 0 Å². The molecule has 1 aromatic rings. The Morgan fingerprint density at radius 3 is 3.14 bits per heavy atom. The van der Waals surface area contributed by atoms with Crippen LogP contribution in [0, 0.1) is 0 Å². The average Bonchev–Trinajstić information content (AvgIpc) is 2.43. The van der Waals surface area contributed by atoms with Crippen molar-refractivity contribution in [2.75, 3.05) is 13.1 Å². The van der Waals surface area contributed by atoms with Crippen LogP contribution in [0.15, 0.2) is 11.8 Å². The fourth-order valence-corrected chi connectivity index (χ4v) is 1.72. The minimum Gasteiger partial charge on any atom is -0.316 e. The second-order valence-electron chi connectivity index (χ2n) is 3.72. The van der Waals surface area contributed by atoms with E-state index in [1.807, 2.05) is 13.2 Å². The third-order valence-electron chi connectivity index (χ3n) is 2.45. The Hall–Kier alpha value is -1.16. The van der Waals surface area contributed by atoms with Gasteiger partial charge >= 0.3 is 0 Å². The average molecular weight is 192 g/mol. The van der Waals surface area contributed by atoms with Crippen LogP contribution < -0.4 is 5.32 Å². The maximum atomic E-state index is 4.06. The maximum Gasteiger partial charge on any atom is 0.105 e. The molecule has 1 aromatic heterocycles. The van der Waals surface area contributed by atoms with Gasteiger partial charge in [-0.05, 0) is 38.4 Å². The lowest BCUT2D eigenvalue weighted by Gasteiger charge is -1.99. The Morgan fingerprint density at radius 2 is 2.36 bits per heavy atom. The van der Waals surface area contributed by atoms with Crippen molar-refractivity contribution in [2.45, 2.75) is 19.3 Å². The van der Waals surface area contributed by atoms with Gasteiger partial charge in [0.05, 0.1) is 6.20 Å². The zero-order chi connectivity index (χ0) is 9.80. The molecule has 0 bridgehead atoms. The van der Waals surface area contributed by atoms with Crippen LogP contribution in [0.1, 0.15) is 25.0 Å². The molecule has 0 aliphatic carbocycles. The number of hydrogen-bond acceptors (Lipinski definition) is 3. The Balaban J connectivity index is 2.08. The van der Waals surface area contributed by atoms with E-state index >= 15 is 0 Å². The minimum absolute atomic E-state index is 0.976. The molecule has 0 atom stereocenters. The number of nitrogens with one attached hydrogen (secondary N) is 1. The van der Waals surface area contributed by atoms with Gasteiger partial charge in [0.2, 0.25) is 0 Å². The number of nitrogens with zero attached hydrogens (tertiary/aromatic N) is 3. The lowest BCUT2D eigenvalue weighted by Crippen LogP contribution is -2.13. The van der Waals surface area contributed by atoms with Crippen LogP contribution in [-0.2, 0) is 7.05 Å². The van der Waals surface area contributed by atoms with Crippen molar-refractivity contribution in [1.29, 1.82) is 0 Å². The molecule has 2 heterocycles. The molecule has 1 fully saturated rings. The second kappa shape index (κ2) is 4.37. The molecule has 0 spiro atoms. The fraction of sp³-hybridized carbons (Fsp3) is 0.600. The molecule has 1 saturated heterocycles. The predicted molar refractivity (Wildman–Crippen MR) is 55.7 cm³/mol. The zero-order valence-electron chi connectivity index (χ0n) is 8.53. The van der Waals surface area contributed by atoms with Gasteiger partial charge in [-0.15, -0.1) is 5.10 Å². The summed E-state index contributed by atoms with van der Waals surface area (Å²) in [6.45, 7) is 2.23. The standard InChI is InChI=1S/C10H16N4/c1-14-8-10(12-13-14)7-9-3-2-5-11-6-4-9/h7-8,11H,2-6H2,1H3/b9-7-. The molecule has 76 valence electrons. The fourth-order valence-electron chi connectivity index (χ4n) is 1.72. The van der Waals surface area contributed by atoms with Crippen molar-refractivity contribution in [3.05, 3.63) is 17.5 Å². The Morgan fingerprint density at radius 1 is 1.43 bits per heavy atom. The van der Waals surface area contributed by atoms with Crippen molar-refractivity contribution in [1.82, 2.24) is 20.3 Å². The zero-order valence-corrected chi connectivity index (χ0v) is 8.53. The third-order valence-corrected chi connectivity index (χ3v) is 2.45. The topological polar surface area (TPSA) is 42.7 Å². The third kappa shape index (κ3) is 2.42. The highest BCUT2D eigenvalue weighted by Crippen LogP contribution is 2.14. The summed E-state index contributed by atoms with van der Waals surface area (Å²) in [6.07, 6.45) is 7.66. The van der Waals surface area contributed by atoms with Crippen molar-refractivity contribution >= 4 is 6.08 Å². The Labute approximate surface area is 84.0 Å². The van der Waals surface area contributed by atoms with Crippen LogP contribution in [0.25, 0.3) is 6.08 Å². The molecule has 1 aliphatic heterocycles. The van der Waals surface area contributed by atoms with Crippen LogP contribution in [0.4, 0.5) is 0 Å². The number of hydrogen-bond donors (Lipinski definition) is 1. The molecule has 1 aliphatic rings. The molecule has 0 aromatic carbocycles. The molecule has 2 rings (SSSR count). The Kier molecular flexibility index (Phi) is 2.93. The van der Waals surface area contributed by atoms with Crippen molar-refractivity contribution in [3.8, 4) is 0 Å². The van der Waals surface area contributed by atoms with E-state index in [0.717, 1.165) is 25.2 Å². The van der Waals surface area contributed by atoms with E-state index < -0.39 is 0 Å². The summed E-state index contributed by atoms with van der Waals surface area (Å²) in [6, 6.07) is 0. The minimum atomic E-state index is 0.976. The molecular weight excluding hydrogens is 176 g/mol. The summed E-state index contributed by atoms with van der Waals surface area (Å²) in [4.78, 5) is 0. The first-order valence-electron chi connectivity index (χ1n) is 5.11. The van der Waals surface area contributed by atoms with Gasteiger partial charge in [-0.1, -0.05) is 10.8 Å². The van der Waals surface area contributed by atoms with Crippen LogP contribution in [-0.4, -0.2) is 28.1 Å². The van der Waals surface area contributed by atoms with Gasteiger partial charge in [-0.25, -0.2) is 0 Å². The molecule has 0 unspecified atom stereocenters. The molecule has 1 N–H and O–H groups in total. The van der Waals surface area contributed by atoms with E-state index in [4.69, 9.17) is 0 Å². The molecular formula is C10H16N4.